The predicted molar refractivity (Wildman–Crippen MR) is 82.5 cm³/mol. The van der Waals surface area contributed by atoms with E-state index in [0.717, 1.165) is 24.4 Å². The summed E-state index contributed by atoms with van der Waals surface area (Å²) in [6.07, 6.45) is 1.81. The number of para-hydroxylation sites is 2. The Kier molecular flexibility index (Phi) is 3.69. The number of nitrogens with zero attached hydrogens (tertiary/aromatic N) is 3. The molecule has 1 aromatic heterocycles. The number of phenols is 1. The standard InChI is InChI=1S/C17H17N3O/c1-2-8-16-18-17(14-11-6-7-12-15(14)21)20(19-16)13-9-4-3-5-10-13/h3-7,9-12,21H,2,8H2,1H3. The molecule has 0 unspecified atom stereocenters. The summed E-state index contributed by atoms with van der Waals surface area (Å²) in [5, 5.41) is 14.7. The summed E-state index contributed by atoms with van der Waals surface area (Å²) >= 11 is 0. The van der Waals surface area contributed by atoms with Crippen molar-refractivity contribution in [1.29, 1.82) is 0 Å². The lowest BCUT2D eigenvalue weighted by molar-refractivity contribution is 0.476. The van der Waals surface area contributed by atoms with Crippen molar-refractivity contribution >= 4 is 0 Å². The van der Waals surface area contributed by atoms with E-state index in [0.29, 0.717) is 11.4 Å². The smallest absolute Gasteiger partial charge is 0.167 e. The van der Waals surface area contributed by atoms with Crippen molar-refractivity contribution in [3.63, 3.8) is 0 Å². The molecule has 2 aromatic carbocycles. The molecule has 1 N–H and O–H groups in total. The average Bonchev–Trinajstić information content (AvgIpc) is 2.93. The van der Waals surface area contributed by atoms with Crippen LogP contribution in [0.25, 0.3) is 17.1 Å². The van der Waals surface area contributed by atoms with Crippen molar-refractivity contribution in [2.75, 3.05) is 0 Å². The Morgan fingerprint density at radius 1 is 1.00 bits per heavy atom. The highest BCUT2D eigenvalue weighted by atomic mass is 16.3. The zero-order chi connectivity index (χ0) is 14.7. The van der Waals surface area contributed by atoms with E-state index in [9.17, 15) is 5.11 Å². The normalized spacial score (nSPS) is 10.7. The summed E-state index contributed by atoms with van der Waals surface area (Å²) in [5.74, 6) is 1.67. The van der Waals surface area contributed by atoms with Gasteiger partial charge in [0.25, 0.3) is 0 Å². The van der Waals surface area contributed by atoms with Crippen LogP contribution in [0, 0.1) is 0 Å². The summed E-state index contributed by atoms with van der Waals surface area (Å²) in [7, 11) is 0. The molecule has 0 saturated heterocycles. The molecule has 4 heteroatoms. The third kappa shape index (κ3) is 2.65. The van der Waals surface area contributed by atoms with Crippen molar-refractivity contribution in [3.05, 3.63) is 60.4 Å². The van der Waals surface area contributed by atoms with Gasteiger partial charge in [0, 0.05) is 6.42 Å². The van der Waals surface area contributed by atoms with Crippen LogP contribution in [0.3, 0.4) is 0 Å². The van der Waals surface area contributed by atoms with E-state index in [-0.39, 0.29) is 5.75 Å². The Bertz CT molecular complexity index is 735. The average molecular weight is 279 g/mol. The molecule has 1 heterocycles. The van der Waals surface area contributed by atoms with Crippen molar-refractivity contribution in [3.8, 4) is 22.8 Å². The van der Waals surface area contributed by atoms with Crippen molar-refractivity contribution < 1.29 is 5.11 Å². The Balaban J connectivity index is 2.17. The van der Waals surface area contributed by atoms with Gasteiger partial charge in [-0.3, -0.25) is 0 Å². The molecule has 0 fully saturated rings. The van der Waals surface area contributed by atoms with Gasteiger partial charge in [0.1, 0.15) is 5.75 Å². The van der Waals surface area contributed by atoms with Crippen molar-refractivity contribution in [2.45, 2.75) is 19.8 Å². The number of hydrogen-bond acceptors (Lipinski definition) is 3. The Morgan fingerprint density at radius 2 is 1.71 bits per heavy atom. The van der Waals surface area contributed by atoms with Crippen molar-refractivity contribution in [1.82, 2.24) is 14.8 Å². The van der Waals surface area contributed by atoms with Crippen LogP contribution in [0.15, 0.2) is 54.6 Å². The number of rotatable bonds is 4. The monoisotopic (exact) mass is 279 g/mol. The second-order valence-corrected chi connectivity index (χ2v) is 4.87. The largest absolute Gasteiger partial charge is 0.507 e. The predicted octanol–water partition coefficient (Wildman–Crippen LogP) is 3.59. The van der Waals surface area contributed by atoms with Crippen LogP contribution in [0.2, 0.25) is 0 Å². The van der Waals surface area contributed by atoms with E-state index in [4.69, 9.17) is 0 Å². The van der Waals surface area contributed by atoms with Gasteiger partial charge in [0.15, 0.2) is 11.6 Å². The molecule has 0 amide bonds. The number of hydrogen-bond donors (Lipinski definition) is 1. The lowest BCUT2D eigenvalue weighted by Crippen LogP contribution is -1.99. The zero-order valence-corrected chi connectivity index (χ0v) is 11.9. The first kappa shape index (κ1) is 13.4. The van der Waals surface area contributed by atoms with Gasteiger partial charge in [0.2, 0.25) is 0 Å². The number of aromatic nitrogens is 3. The van der Waals surface area contributed by atoms with Crippen LogP contribution in [0.1, 0.15) is 19.2 Å². The topological polar surface area (TPSA) is 50.9 Å². The van der Waals surface area contributed by atoms with Gasteiger partial charge in [-0.1, -0.05) is 37.3 Å². The van der Waals surface area contributed by atoms with E-state index in [1.54, 1.807) is 16.8 Å². The Labute approximate surface area is 123 Å². The second-order valence-electron chi connectivity index (χ2n) is 4.87. The Hall–Kier alpha value is -2.62. The maximum absolute atomic E-state index is 10.1. The molecule has 0 bridgehead atoms. The van der Waals surface area contributed by atoms with Crippen LogP contribution >= 0.6 is 0 Å². The van der Waals surface area contributed by atoms with Gasteiger partial charge in [-0.15, -0.1) is 0 Å². The fourth-order valence-corrected chi connectivity index (χ4v) is 2.27. The van der Waals surface area contributed by atoms with Gasteiger partial charge in [-0.2, -0.15) is 5.10 Å². The third-order valence-corrected chi connectivity index (χ3v) is 3.27. The minimum atomic E-state index is 0.213. The van der Waals surface area contributed by atoms with Crippen LogP contribution < -0.4 is 0 Å². The lowest BCUT2D eigenvalue weighted by atomic mass is 10.2. The maximum Gasteiger partial charge on any atom is 0.167 e. The summed E-state index contributed by atoms with van der Waals surface area (Å²) in [6, 6.07) is 17.1. The summed E-state index contributed by atoms with van der Waals surface area (Å²) in [6.45, 7) is 2.10. The number of aryl methyl sites for hydroxylation is 1. The molecule has 3 rings (SSSR count). The van der Waals surface area contributed by atoms with E-state index >= 15 is 0 Å². The quantitative estimate of drug-likeness (QED) is 0.794. The van der Waals surface area contributed by atoms with Gasteiger partial charge in [-0.25, -0.2) is 9.67 Å². The Morgan fingerprint density at radius 3 is 2.43 bits per heavy atom. The number of benzene rings is 2. The highest BCUT2D eigenvalue weighted by molar-refractivity contribution is 5.65. The minimum absolute atomic E-state index is 0.213. The summed E-state index contributed by atoms with van der Waals surface area (Å²) < 4.78 is 1.79. The molecule has 0 aliphatic carbocycles. The van der Waals surface area contributed by atoms with Gasteiger partial charge in [0.05, 0.1) is 11.3 Å². The highest BCUT2D eigenvalue weighted by Gasteiger charge is 2.15. The molecule has 0 aliphatic heterocycles. The zero-order valence-electron chi connectivity index (χ0n) is 11.9. The van der Waals surface area contributed by atoms with E-state index < -0.39 is 0 Å². The highest BCUT2D eigenvalue weighted by Crippen LogP contribution is 2.29. The molecule has 0 radical (unpaired) electrons. The van der Waals surface area contributed by atoms with E-state index in [1.807, 2.05) is 42.5 Å². The summed E-state index contributed by atoms with van der Waals surface area (Å²) in [5.41, 5.74) is 1.63. The first-order chi connectivity index (χ1) is 10.3. The number of aromatic hydroxyl groups is 1. The minimum Gasteiger partial charge on any atom is -0.507 e. The van der Waals surface area contributed by atoms with Crippen LogP contribution in [-0.4, -0.2) is 19.9 Å². The van der Waals surface area contributed by atoms with Crippen LogP contribution in [0.4, 0.5) is 0 Å². The second kappa shape index (κ2) is 5.79. The molecule has 0 atom stereocenters. The fourth-order valence-electron chi connectivity index (χ4n) is 2.27. The first-order valence-corrected chi connectivity index (χ1v) is 7.09. The lowest BCUT2D eigenvalue weighted by Gasteiger charge is -2.06. The van der Waals surface area contributed by atoms with Crippen LogP contribution in [-0.2, 0) is 6.42 Å². The molecular weight excluding hydrogens is 262 g/mol. The van der Waals surface area contributed by atoms with Gasteiger partial charge >= 0.3 is 0 Å². The van der Waals surface area contributed by atoms with Gasteiger partial charge < -0.3 is 5.11 Å². The maximum atomic E-state index is 10.1. The summed E-state index contributed by atoms with van der Waals surface area (Å²) in [4.78, 5) is 4.60. The van der Waals surface area contributed by atoms with Gasteiger partial charge in [-0.05, 0) is 30.7 Å². The number of phenolic OH excluding ortho intramolecular Hbond substituents is 1. The van der Waals surface area contributed by atoms with E-state index in [1.165, 1.54) is 0 Å². The van der Waals surface area contributed by atoms with Crippen molar-refractivity contribution in [2.24, 2.45) is 0 Å². The third-order valence-electron chi connectivity index (χ3n) is 3.27. The molecular formula is C17H17N3O. The molecule has 0 saturated carbocycles. The molecule has 0 spiro atoms. The fraction of sp³-hybridized carbons (Fsp3) is 0.176. The first-order valence-electron chi connectivity index (χ1n) is 7.09. The molecule has 21 heavy (non-hydrogen) atoms. The SMILES string of the molecule is CCCc1nc(-c2ccccc2O)n(-c2ccccc2)n1. The molecule has 3 aromatic rings. The molecule has 0 aliphatic rings. The van der Waals surface area contributed by atoms with E-state index in [2.05, 4.69) is 17.0 Å². The molecule has 4 nitrogen and oxygen atoms in total. The molecule has 106 valence electrons. The van der Waals surface area contributed by atoms with Crippen LogP contribution in [0.5, 0.6) is 5.75 Å².